The Hall–Kier alpha value is -1.65. The van der Waals surface area contributed by atoms with E-state index in [0.717, 1.165) is 12.5 Å². The van der Waals surface area contributed by atoms with Crippen LogP contribution in [0.5, 0.6) is 0 Å². The fourth-order valence-corrected chi connectivity index (χ4v) is 1.50. The van der Waals surface area contributed by atoms with E-state index in [4.69, 9.17) is 0 Å². The highest BCUT2D eigenvalue weighted by molar-refractivity contribution is 5.52. The summed E-state index contributed by atoms with van der Waals surface area (Å²) in [6, 6.07) is 4.05. The van der Waals surface area contributed by atoms with E-state index < -0.39 is 16.4 Å². The highest BCUT2D eigenvalue weighted by Crippen LogP contribution is 2.23. The molecule has 17 heavy (non-hydrogen) atoms. The van der Waals surface area contributed by atoms with Gasteiger partial charge in [0.1, 0.15) is 0 Å². The van der Waals surface area contributed by atoms with Crippen molar-refractivity contribution in [2.45, 2.75) is 33.2 Å². The van der Waals surface area contributed by atoms with Gasteiger partial charge in [0.05, 0.1) is 4.92 Å². The van der Waals surface area contributed by atoms with Gasteiger partial charge in [0.15, 0.2) is 0 Å². The lowest BCUT2D eigenvalue weighted by atomic mass is 10.0. The first-order chi connectivity index (χ1) is 7.95. The largest absolute Gasteiger partial charge is 0.382 e. The third-order valence-electron chi connectivity index (χ3n) is 3.03. The summed E-state index contributed by atoms with van der Waals surface area (Å²) in [7, 11) is 0. The van der Waals surface area contributed by atoms with Crippen LogP contribution in [0.4, 0.5) is 15.8 Å². The fraction of sp³-hybridized carbons (Fsp3) is 0.500. The van der Waals surface area contributed by atoms with Crippen LogP contribution in [0.15, 0.2) is 18.2 Å². The minimum absolute atomic E-state index is 0.185. The Morgan fingerprint density at radius 2 is 2.12 bits per heavy atom. The summed E-state index contributed by atoms with van der Waals surface area (Å²) in [4.78, 5) is 9.87. The number of hydrogen-bond acceptors (Lipinski definition) is 3. The number of anilines is 1. The summed E-state index contributed by atoms with van der Waals surface area (Å²) < 4.78 is 13.1. The van der Waals surface area contributed by atoms with Crippen molar-refractivity contribution < 1.29 is 9.31 Å². The van der Waals surface area contributed by atoms with Crippen molar-refractivity contribution in [2.75, 3.05) is 5.32 Å². The van der Waals surface area contributed by atoms with Crippen LogP contribution in [-0.2, 0) is 0 Å². The molecule has 1 aromatic carbocycles. The smallest absolute Gasteiger partial charge is 0.306 e. The monoisotopic (exact) mass is 240 g/mol. The number of nitro benzene ring substituents is 1. The standard InChI is InChI=1S/C12H17FN2O2/c1-4-8(2)9(3)14-10-5-6-11(13)12(7-10)15(16)17/h5-9,14H,4H2,1-3H3. The molecule has 0 aliphatic rings. The molecule has 0 amide bonds. The maximum absolute atomic E-state index is 13.1. The van der Waals surface area contributed by atoms with Crippen molar-refractivity contribution >= 4 is 11.4 Å². The topological polar surface area (TPSA) is 55.2 Å². The van der Waals surface area contributed by atoms with E-state index >= 15 is 0 Å². The molecular weight excluding hydrogens is 223 g/mol. The van der Waals surface area contributed by atoms with Gasteiger partial charge in [-0.2, -0.15) is 4.39 Å². The van der Waals surface area contributed by atoms with Crippen molar-refractivity contribution in [1.29, 1.82) is 0 Å². The zero-order valence-corrected chi connectivity index (χ0v) is 10.2. The van der Waals surface area contributed by atoms with E-state index in [9.17, 15) is 14.5 Å². The summed E-state index contributed by atoms with van der Waals surface area (Å²) in [5.74, 6) is -0.365. The van der Waals surface area contributed by atoms with Gasteiger partial charge in [-0.1, -0.05) is 20.3 Å². The number of benzene rings is 1. The van der Waals surface area contributed by atoms with Gasteiger partial charge in [-0.15, -0.1) is 0 Å². The minimum atomic E-state index is -0.809. The molecule has 0 aliphatic heterocycles. The molecule has 1 N–H and O–H groups in total. The van der Waals surface area contributed by atoms with Gasteiger partial charge in [0.25, 0.3) is 0 Å². The molecule has 0 heterocycles. The number of rotatable bonds is 5. The zero-order valence-electron chi connectivity index (χ0n) is 10.2. The number of nitrogens with one attached hydrogen (secondary N) is 1. The molecule has 5 heteroatoms. The van der Waals surface area contributed by atoms with Crippen molar-refractivity contribution in [2.24, 2.45) is 5.92 Å². The van der Waals surface area contributed by atoms with Crippen molar-refractivity contribution in [3.05, 3.63) is 34.1 Å². The summed E-state index contributed by atoms with van der Waals surface area (Å²) in [6.07, 6.45) is 1.01. The van der Waals surface area contributed by atoms with Gasteiger partial charge < -0.3 is 5.32 Å². The summed E-state index contributed by atoms with van der Waals surface area (Å²) in [5.41, 5.74) is 0.0808. The molecular formula is C12H17FN2O2. The quantitative estimate of drug-likeness (QED) is 0.632. The fourth-order valence-electron chi connectivity index (χ4n) is 1.50. The molecule has 0 aromatic heterocycles. The van der Waals surface area contributed by atoms with Crippen LogP contribution in [0.3, 0.4) is 0 Å². The second kappa shape index (κ2) is 5.61. The second-order valence-electron chi connectivity index (χ2n) is 4.24. The number of halogens is 1. The van der Waals surface area contributed by atoms with Gasteiger partial charge >= 0.3 is 5.69 Å². The number of hydrogen-bond donors (Lipinski definition) is 1. The highest BCUT2D eigenvalue weighted by Gasteiger charge is 2.16. The first-order valence-corrected chi connectivity index (χ1v) is 5.66. The predicted octanol–water partition coefficient (Wildman–Crippen LogP) is 3.58. The first-order valence-electron chi connectivity index (χ1n) is 5.66. The molecule has 4 nitrogen and oxygen atoms in total. The number of nitrogens with zero attached hydrogens (tertiary/aromatic N) is 1. The molecule has 0 bridgehead atoms. The zero-order chi connectivity index (χ0) is 13.0. The van der Waals surface area contributed by atoms with E-state index in [1.54, 1.807) is 0 Å². The number of nitro groups is 1. The molecule has 0 spiro atoms. The van der Waals surface area contributed by atoms with Crippen LogP contribution in [-0.4, -0.2) is 11.0 Å². The van der Waals surface area contributed by atoms with Gasteiger partial charge in [-0.05, 0) is 25.0 Å². The van der Waals surface area contributed by atoms with Crippen LogP contribution in [0.25, 0.3) is 0 Å². The molecule has 0 radical (unpaired) electrons. The Morgan fingerprint density at radius 3 is 2.65 bits per heavy atom. The Kier molecular flexibility index (Phi) is 4.43. The van der Waals surface area contributed by atoms with Crippen molar-refractivity contribution in [1.82, 2.24) is 0 Å². The van der Waals surface area contributed by atoms with Crippen LogP contribution >= 0.6 is 0 Å². The predicted molar refractivity (Wildman–Crippen MR) is 65.6 cm³/mol. The summed E-state index contributed by atoms with van der Waals surface area (Å²) in [5, 5.41) is 13.7. The molecule has 94 valence electrons. The maximum atomic E-state index is 13.1. The first kappa shape index (κ1) is 13.4. The molecule has 2 unspecified atom stereocenters. The normalized spacial score (nSPS) is 14.1. The van der Waals surface area contributed by atoms with Gasteiger partial charge in [0.2, 0.25) is 5.82 Å². The molecule has 0 aliphatic carbocycles. The Morgan fingerprint density at radius 1 is 1.47 bits per heavy atom. The maximum Gasteiger partial charge on any atom is 0.306 e. The molecule has 2 atom stereocenters. The van der Waals surface area contributed by atoms with Crippen LogP contribution in [0, 0.1) is 21.8 Å². The van der Waals surface area contributed by atoms with E-state index in [-0.39, 0.29) is 6.04 Å². The van der Waals surface area contributed by atoms with E-state index in [0.29, 0.717) is 11.6 Å². The lowest BCUT2D eigenvalue weighted by Gasteiger charge is -2.20. The van der Waals surface area contributed by atoms with E-state index in [1.807, 2.05) is 6.92 Å². The average Bonchev–Trinajstić information content (AvgIpc) is 2.30. The molecule has 1 rings (SSSR count). The van der Waals surface area contributed by atoms with Crippen LogP contribution < -0.4 is 5.32 Å². The Bertz CT molecular complexity index is 409. The third kappa shape index (κ3) is 3.41. The molecule has 0 fully saturated rings. The average molecular weight is 240 g/mol. The Labute approximate surface area is 100.0 Å². The molecule has 1 aromatic rings. The lowest BCUT2D eigenvalue weighted by molar-refractivity contribution is -0.387. The van der Waals surface area contributed by atoms with Gasteiger partial charge in [-0.25, -0.2) is 0 Å². The summed E-state index contributed by atoms with van der Waals surface area (Å²) >= 11 is 0. The van der Waals surface area contributed by atoms with Crippen LogP contribution in [0.2, 0.25) is 0 Å². The van der Waals surface area contributed by atoms with Crippen molar-refractivity contribution in [3.63, 3.8) is 0 Å². The SMILES string of the molecule is CCC(C)C(C)Nc1ccc(F)c([N+](=O)[O-])c1. The lowest BCUT2D eigenvalue weighted by Crippen LogP contribution is -2.23. The van der Waals surface area contributed by atoms with E-state index in [1.165, 1.54) is 12.1 Å². The highest BCUT2D eigenvalue weighted by atomic mass is 19.1. The molecule has 0 saturated heterocycles. The Balaban J connectivity index is 2.86. The van der Waals surface area contributed by atoms with Crippen LogP contribution in [0.1, 0.15) is 27.2 Å². The molecule has 0 saturated carbocycles. The van der Waals surface area contributed by atoms with E-state index in [2.05, 4.69) is 19.2 Å². The third-order valence-corrected chi connectivity index (χ3v) is 3.03. The van der Waals surface area contributed by atoms with Gasteiger partial charge in [0, 0.05) is 17.8 Å². The van der Waals surface area contributed by atoms with Gasteiger partial charge in [-0.3, -0.25) is 10.1 Å². The second-order valence-corrected chi connectivity index (χ2v) is 4.24. The minimum Gasteiger partial charge on any atom is -0.382 e. The summed E-state index contributed by atoms with van der Waals surface area (Å²) in [6.45, 7) is 6.18. The van der Waals surface area contributed by atoms with Crippen molar-refractivity contribution in [3.8, 4) is 0 Å².